The molecule has 15 heavy (non-hydrogen) atoms. The second kappa shape index (κ2) is 5.24. The van der Waals surface area contributed by atoms with E-state index in [0.29, 0.717) is 23.1 Å². The summed E-state index contributed by atoms with van der Waals surface area (Å²) in [4.78, 5) is 0. The van der Waals surface area contributed by atoms with Crippen molar-refractivity contribution in [2.24, 2.45) is 5.73 Å². The van der Waals surface area contributed by atoms with Crippen molar-refractivity contribution in [2.45, 2.75) is 19.9 Å². The highest BCUT2D eigenvalue weighted by atomic mass is 35.5. The molecule has 0 heterocycles. The van der Waals surface area contributed by atoms with Gasteiger partial charge >= 0.3 is 0 Å². The third-order valence-electron chi connectivity index (χ3n) is 2.36. The van der Waals surface area contributed by atoms with Crippen molar-refractivity contribution in [2.75, 3.05) is 14.2 Å². The van der Waals surface area contributed by atoms with Crippen LogP contribution in [0.15, 0.2) is 6.07 Å². The van der Waals surface area contributed by atoms with E-state index < -0.39 is 0 Å². The molecule has 4 heteroatoms. The van der Waals surface area contributed by atoms with Crippen LogP contribution in [0.25, 0.3) is 0 Å². The lowest BCUT2D eigenvalue weighted by Gasteiger charge is -2.15. The first-order valence-electron chi connectivity index (χ1n) is 4.81. The van der Waals surface area contributed by atoms with Crippen LogP contribution in [0, 0.1) is 0 Å². The number of nitrogens with two attached hydrogens (primary N) is 1. The van der Waals surface area contributed by atoms with Crippen LogP contribution in [-0.4, -0.2) is 14.2 Å². The van der Waals surface area contributed by atoms with Crippen LogP contribution >= 0.6 is 11.6 Å². The molecule has 84 valence electrons. The summed E-state index contributed by atoms with van der Waals surface area (Å²) in [6.45, 7) is 2.37. The highest BCUT2D eigenvalue weighted by molar-refractivity contribution is 6.32. The van der Waals surface area contributed by atoms with Crippen LogP contribution in [0.3, 0.4) is 0 Å². The quantitative estimate of drug-likeness (QED) is 0.862. The lowest BCUT2D eigenvalue weighted by atomic mass is 10.1. The Labute approximate surface area is 95.1 Å². The molecule has 0 bridgehead atoms. The topological polar surface area (TPSA) is 44.5 Å². The third kappa shape index (κ3) is 2.19. The minimum atomic E-state index is 0.339. The van der Waals surface area contributed by atoms with Crippen molar-refractivity contribution in [1.82, 2.24) is 0 Å². The molecule has 0 atom stereocenters. The predicted octanol–water partition coefficient (Wildman–Crippen LogP) is 2.38. The van der Waals surface area contributed by atoms with Gasteiger partial charge in [0, 0.05) is 12.1 Å². The van der Waals surface area contributed by atoms with Gasteiger partial charge in [0.15, 0.2) is 11.5 Å². The summed E-state index contributed by atoms with van der Waals surface area (Å²) in [7, 11) is 3.18. The largest absolute Gasteiger partial charge is 0.493 e. The van der Waals surface area contributed by atoms with Gasteiger partial charge in [-0.05, 0) is 18.1 Å². The Hall–Kier alpha value is -0.930. The van der Waals surface area contributed by atoms with Crippen molar-refractivity contribution in [3.8, 4) is 11.5 Å². The summed E-state index contributed by atoms with van der Waals surface area (Å²) in [5, 5.41) is 0.678. The summed E-state index contributed by atoms with van der Waals surface area (Å²) >= 11 is 6.21. The smallest absolute Gasteiger partial charge is 0.166 e. The van der Waals surface area contributed by atoms with Crippen molar-refractivity contribution >= 4 is 11.6 Å². The Balaban J connectivity index is 3.43. The Morgan fingerprint density at radius 3 is 2.40 bits per heavy atom. The highest BCUT2D eigenvalue weighted by Crippen LogP contribution is 2.38. The lowest BCUT2D eigenvalue weighted by Crippen LogP contribution is -2.04. The first-order chi connectivity index (χ1) is 7.19. The second-order valence-corrected chi connectivity index (χ2v) is 3.50. The highest BCUT2D eigenvalue weighted by Gasteiger charge is 2.16. The maximum atomic E-state index is 6.21. The molecule has 0 unspecified atom stereocenters. The fourth-order valence-electron chi connectivity index (χ4n) is 1.54. The third-order valence-corrected chi connectivity index (χ3v) is 2.83. The molecule has 0 radical (unpaired) electrons. The number of halogens is 1. The molecule has 0 aliphatic heterocycles. The molecular formula is C11H16ClNO2. The summed E-state index contributed by atoms with van der Waals surface area (Å²) < 4.78 is 10.5. The molecule has 0 aliphatic rings. The van der Waals surface area contributed by atoms with Crippen molar-refractivity contribution < 1.29 is 9.47 Å². The van der Waals surface area contributed by atoms with Gasteiger partial charge in [-0.25, -0.2) is 0 Å². The van der Waals surface area contributed by atoms with Crippen LogP contribution in [0.5, 0.6) is 11.5 Å². The second-order valence-electron chi connectivity index (χ2n) is 3.12. The van der Waals surface area contributed by atoms with Gasteiger partial charge in [0.1, 0.15) is 0 Å². The fourth-order valence-corrected chi connectivity index (χ4v) is 1.90. The minimum Gasteiger partial charge on any atom is -0.493 e. The standard InChI is InChI=1S/C11H16ClNO2/c1-4-7-5-9(14-2)11(15-3)8(6-13)10(7)12/h5H,4,6,13H2,1-3H3. The summed E-state index contributed by atoms with van der Waals surface area (Å²) in [6.07, 6.45) is 0.839. The van der Waals surface area contributed by atoms with Crippen LogP contribution in [0.2, 0.25) is 5.02 Å². The van der Waals surface area contributed by atoms with E-state index >= 15 is 0 Å². The van der Waals surface area contributed by atoms with E-state index in [9.17, 15) is 0 Å². The van der Waals surface area contributed by atoms with E-state index in [1.165, 1.54) is 0 Å². The zero-order valence-corrected chi connectivity index (χ0v) is 10.0. The predicted molar refractivity (Wildman–Crippen MR) is 61.8 cm³/mol. The zero-order valence-electron chi connectivity index (χ0n) is 9.26. The molecule has 0 saturated carbocycles. The fraction of sp³-hybridized carbons (Fsp3) is 0.455. The van der Waals surface area contributed by atoms with E-state index in [-0.39, 0.29) is 0 Å². The Bertz CT molecular complexity index is 353. The molecule has 3 nitrogen and oxygen atoms in total. The van der Waals surface area contributed by atoms with Gasteiger partial charge in [-0.2, -0.15) is 0 Å². The molecule has 0 amide bonds. The molecule has 1 aromatic carbocycles. The van der Waals surface area contributed by atoms with Crippen LogP contribution in [0.4, 0.5) is 0 Å². The summed E-state index contributed by atoms with van der Waals surface area (Å²) in [5.74, 6) is 1.31. The van der Waals surface area contributed by atoms with E-state index in [0.717, 1.165) is 17.5 Å². The Morgan fingerprint density at radius 1 is 1.33 bits per heavy atom. The van der Waals surface area contributed by atoms with Crippen LogP contribution in [0.1, 0.15) is 18.1 Å². The van der Waals surface area contributed by atoms with Crippen molar-refractivity contribution in [3.63, 3.8) is 0 Å². The average molecular weight is 230 g/mol. The first kappa shape index (κ1) is 12.1. The van der Waals surface area contributed by atoms with Crippen molar-refractivity contribution in [1.29, 1.82) is 0 Å². The molecule has 0 aliphatic carbocycles. The SMILES string of the molecule is CCc1cc(OC)c(OC)c(CN)c1Cl. The number of ether oxygens (including phenoxy) is 2. The maximum Gasteiger partial charge on any atom is 0.166 e. The number of benzene rings is 1. The normalized spacial score (nSPS) is 10.2. The molecule has 0 aromatic heterocycles. The molecular weight excluding hydrogens is 214 g/mol. The van der Waals surface area contributed by atoms with E-state index in [1.807, 2.05) is 13.0 Å². The molecule has 1 aromatic rings. The maximum absolute atomic E-state index is 6.21. The van der Waals surface area contributed by atoms with Gasteiger partial charge in [-0.3, -0.25) is 0 Å². The van der Waals surface area contributed by atoms with Crippen LogP contribution in [-0.2, 0) is 13.0 Å². The van der Waals surface area contributed by atoms with Crippen molar-refractivity contribution in [3.05, 3.63) is 22.2 Å². The zero-order chi connectivity index (χ0) is 11.4. The molecule has 2 N–H and O–H groups in total. The first-order valence-corrected chi connectivity index (χ1v) is 5.19. The van der Waals surface area contributed by atoms with Gasteiger partial charge in [-0.15, -0.1) is 0 Å². The number of rotatable bonds is 4. The molecule has 0 fully saturated rings. The minimum absolute atomic E-state index is 0.339. The molecule has 0 saturated heterocycles. The number of hydrogen-bond acceptors (Lipinski definition) is 3. The van der Waals surface area contributed by atoms with Gasteiger partial charge < -0.3 is 15.2 Å². The van der Waals surface area contributed by atoms with E-state index in [1.54, 1.807) is 14.2 Å². The van der Waals surface area contributed by atoms with Gasteiger partial charge in [0.2, 0.25) is 0 Å². The van der Waals surface area contributed by atoms with E-state index in [4.69, 9.17) is 26.8 Å². The van der Waals surface area contributed by atoms with Crippen LogP contribution < -0.4 is 15.2 Å². The van der Waals surface area contributed by atoms with E-state index in [2.05, 4.69) is 0 Å². The Kier molecular flexibility index (Phi) is 4.24. The monoisotopic (exact) mass is 229 g/mol. The van der Waals surface area contributed by atoms with Gasteiger partial charge in [-0.1, -0.05) is 18.5 Å². The molecule has 0 spiro atoms. The number of hydrogen-bond donors (Lipinski definition) is 1. The lowest BCUT2D eigenvalue weighted by molar-refractivity contribution is 0.351. The average Bonchev–Trinajstić information content (AvgIpc) is 2.28. The number of aryl methyl sites for hydroxylation is 1. The summed E-state index contributed by atoms with van der Waals surface area (Å²) in [5.41, 5.74) is 7.48. The molecule has 1 rings (SSSR count). The van der Waals surface area contributed by atoms with Gasteiger partial charge in [0.25, 0.3) is 0 Å². The summed E-state index contributed by atoms with van der Waals surface area (Å²) in [6, 6.07) is 1.89. The Morgan fingerprint density at radius 2 is 2.00 bits per heavy atom. The van der Waals surface area contributed by atoms with Gasteiger partial charge in [0.05, 0.1) is 19.2 Å². The number of methoxy groups -OCH3 is 2.